The molecule has 0 radical (unpaired) electrons. The van der Waals surface area contributed by atoms with Crippen LogP contribution in [0.4, 0.5) is 0 Å². The van der Waals surface area contributed by atoms with Crippen LogP contribution in [0.5, 0.6) is 0 Å². The van der Waals surface area contributed by atoms with E-state index in [1.54, 1.807) is 0 Å². The molecule has 0 N–H and O–H groups in total. The molecule has 0 aromatic heterocycles. The van der Waals surface area contributed by atoms with Crippen LogP contribution in [0.2, 0.25) is 0 Å². The van der Waals surface area contributed by atoms with Crippen molar-refractivity contribution in [3.8, 4) is 0 Å². The third-order valence-electron chi connectivity index (χ3n) is 5.92. The third kappa shape index (κ3) is 5.11. The molecular weight excluding hydrogens is 240 g/mol. The smallest absolute Gasteiger partial charge is 0.0236 e. The Morgan fingerprint density at radius 1 is 0.600 bits per heavy atom. The van der Waals surface area contributed by atoms with E-state index in [2.05, 4.69) is 25.3 Å². The Bertz CT molecular complexity index is 244. The summed E-state index contributed by atoms with van der Waals surface area (Å²) in [6, 6.07) is 0. The fraction of sp³-hybridized carbons (Fsp3) is 0.800. The van der Waals surface area contributed by atoms with Crippen LogP contribution in [0.15, 0.2) is 25.3 Å². The van der Waals surface area contributed by atoms with E-state index in [1.807, 2.05) is 0 Å². The summed E-state index contributed by atoms with van der Waals surface area (Å²) in [5.74, 6) is 3.71. The van der Waals surface area contributed by atoms with Gasteiger partial charge in [0.25, 0.3) is 0 Å². The largest absolute Gasteiger partial charge is 0.103 e. The van der Waals surface area contributed by atoms with Crippen molar-refractivity contribution in [3.63, 3.8) is 0 Å². The van der Waals surface area contributed by atoms with Crippen LogP contribution in [0.1, 0.15) is 77.0 Å². The average molecular weight is 274 g/mol. The van der Waals surface area contributed by atoms with Gasteiger partial charge in [-0.3, -0.25) is 0 Å². The summed E-state index contributed by atoms with van der Waals surface area (Å²) >= 11 is 0. The third-order valence-corrected chi connectivity index (χ3v) is 5.92. The van der Waals surface area contributed by atoms with Gasteiger partial charge in [0.15, 0.2) is 0 Å². The molecule has 2 rings (SSSR count). The molecule has 2 fully saturated rings. The lowest BCUT2D eigenvalue weighted by atomic mass is 9.78. The number of hydrogen-bond acceptors (Lipinski definition) is 0. The van der Waals surface area contributed by atoms with Gasteiger partial charge < -0.3 is 0 Å². The second-order valence-corrected chi connectivity index (χ2v) is 7.32. The first-order valence-electron chi connectivity index (χ1n) is 9.07. The normalized spacial score (nSPS) is 34.6. The van der Waals surface area contributed by atoms with Crippen molar-refractivity contribution in [2.75, 3.05) is 0 Å². The van der Waals surface area contributed by atoms with Crippen LogP contribution in [-0.4, -0.2) is 0 Å². The van der Waals surface area contributed by atoms with Crippen LogP contribution in [0, 0.1) is 23.7 Å². The molecule has 0 aromatic carbocycles. The molecule has 0 spiro atoms. The van der Waals surface area contributed by atoms with E-state index >= 15 is 0 Å². The molecule has 114 valence electrons. The minimum atomic E-state index is 0.825. The number of hydrogen-bond donors (Lipinski definition) is 0. The number of allylic oxidation sites excluding steroid dienone is 2. The van der Waals surface area contributed by atoms with Crippen LogP contribution in [-0.2, 0) is 0 Å². The summed E-state index contributed by atoms with van der Waals surface area (Å²) in [5.41, 5.74) is 0. The number of rotatable bonds is 7. The zero-order valence-electron chi connectivity index (χ0n) is 13.4. The summed E-state index contributed by atoms with van der Waals surface area (Å²) in [5, 5.41) is 0. The summed E-state index contributed by atoms with van der Waals surface area (Å²) in [6.07, 6.45) is 21.7. The topological polar surface area (TPSA) is 0 Å². The zero-order chi connectivity index (χ0) is 14.2. The standard InChI is InChI=1S/C20H34/c1-3-17-9-13-19(14-10-17)7-5-6-8-20-15-11-18(4-2)12-16-20/h3-4,17-20H,1-2,5-16H2. The van der Waals surface area contributed by atoms with Gasteiger partial charge in [0.2, 0.25) is 0 Å². The molecule has 20 heavy (non-hydrogen) atoms. The number of unbranched alkanes of at least 4 members (excludes halogenated alkanes) is 1. The Balaban J connectivity index is 1.50. The molecule has 2 aliphatic carbocycles. The highest BCUT2D eigenvalue weighted by Crippen LogP contribution is 2.34. The van der Waals surface area contributed by atoms with Gasteiger partial charge in [-0.05, 0) is 75.0 Å². The lowest BCUT2D eigenvalue weighted by Gasteiger charge is -2.28. The van der Waals surface area contributed by atoms with Crippen LogP contribution in [0.25, 0.3) is 0 Å². The predicted molar refractivity (Wildman–Crippen MR) is 89.8 cm³/mol. The first-order valence-corrected chi connectivity index (χ1v) is 9.07. The average Bonchev–Trinajstić information content (AvgIpc) is 2.53. The molecule has 0 aliphatic heterocycles. The van der Waals surface area contributed by atoms with Crippen molar-refractivity contribution in [1.29, 1.82) is 0 Å². The van der Waals surface area contributed by atoms with Gasteiger partial charge in [-0.1, -0.05) is 37.8 Å². The maximum absolute atomic E-state index is 3.94. The van der Waals surface area contributed by atoms with Gasteiger partial charge in [-0.25, -0.2) is 0 Å². The molecule has 0 heterocycles. The van der Waals surface area contributed by atoms with Gasteiger partial charge in [0.1, 0.15) is 0 Å². The summed E-state index contributed by atoms with van der Waals surface area (Å²) in [4.78, 5) is 0. The predicted octanol–water partition coefficient (Wildman–Crippen LogP) is 6.53. The van der Waals surface area contributed by atoms with Crippen LogP contribution < -0.4 is 0 Å². The summed E-state index contributed by atoms with van der Waals surface area (Å²) in [7, 11) is 0. The lowest BCUT2D eigenvalue weighted by molar-refractivity contribution is 0.269. The summed E-state index contributed by atoms with van der Waals surface area (Å²) < 4.78 is 0. The Kier molecular flexibility index (Phi) is 6.90. The van der Waals surface area contributed by atoms with E-state index in [9.17, 15) is 0 Å². The maximum atomic E-state index is 3.94. The van der Waals surface area contributed by atoms with Gasteiger partial charge in [-0.15, -0.1) is 13.2 Å². The monoisotopic (exact) mass is 274 g/mol. The molecule has 2 aliphatic rings. The van der Waals surface area contributed by atoms with Crippen LogP contribution in [0.3, 0.4) is 0 Å². The molecule has 0 heteroatoms. The lowest BCUT2D eigenvalue weighted by Crippen LogP contribution is -2.14. The maximum Gasteiger partial charge on any atom is -0.0236 e. The molecule has 0 bridgehead atoms. The van der Waals surface area contributed by atoms with Gasteiger partial charge in [-0.2, -0.15) is 0 Å². The summed E-state index contributed by atoms with van der Waals surface area (Å²) in [6.45, 7) is 7.88. The first kappa shape index (κ1) is 15.9. The molecule has 0 unspecified atom stereocenters. The second-order valence-electron chi connectivity index (χ2n) is 7.32. The molecular formula is C20H34. The van der Waals surface area contributed by atoms with Gasteiger partial charge in [0.05, 0.1) is 0 Å². The molecule has 0 nitrogen and oxygen atoms in total. The Morgan fingerprint density at radius 2 is 0.950 bits per heavy atom. The molecule has 0 atom stereocenters. The van der Waals surface area contributed by atoms with Crippen molar-refractivity contribution in [3.05, 3.63) is 25.3 Å². The van der Waals surface area contributed by atoms with Gasteiger partial charge >= 0.3 is 0 Å². The van der Waals surface area contributed by atoms with Crippen molar-refractivity contribution < 1.29 is 0 Å². The van der Waals surface area contributed by atoms with E-state index in [-0.39, 0.29) is 0 Å². The highest BCUT2D eigenvalue weighted by Gasteiger charge is 2.20. The fourth-order valence-corrected chi connectivity index (χ4v) is 4.29. The molecule has 0 saturated heterocycles. The quantitative estimate of drug-likeness (QED) is 0.365. The van der Waals surface area contributed by atoms with E-state index in [1.165, 1.54) is 77.0 Å². The van der Waals surface area contributed by atoms with E-state index in [0.29, 0.717) is 0 Å². The van der Waals surface area contributed by atoms with E-state index in [4.69, 9.17) is 0 Å². The van der Waals surface area contributed by atoms with Crippen molar-refractivity contribution in [1.82, 2.24) is 0 Å². The Morgan fingerprint density at radius 3 is 1.25 bits per heavy atom. The first-order chi connectivity index (χ1) is 9.81. The molecule has 2 saturated carbocycles. The van der Waals surface area contributed by atoms with Crippen molar-refractivity contribution in [2.24, 2.45) is 23.7 Å². The Labute approximate surface area is 126 Å². The molecule has 0 aromatic rings. The SMILES string of the molecule is C=CC1CCC(CCCCC2CCC(C=C)CC2)CC1. The minimum Gasteiger partial charge on any atom is -0.103 e. The van der Waals surface area contributed by atoms with Crippen LogP contribution >= 0.6 is 0 Å². The van der Waals surface area contributed by atoms with Gasteiger partial charge in [0, 0.05) is 0 Å². The van der Waals surface area contributed by atoms with Crippen molar-refractivity contribution in [2.45, 2.75) is 77.0 Å². The fourth-order valence-electron chi connectivity index (χ4n) is 4.29. The Hall–Kier alpha value is -0.520. The minimum absolute atomic E-state index is 0.825. The highest BCUT2D eigenvalue weighted by atomic mass is 14.3. The zero-order valence-corrected chi connectivity index (χ0v) is 13.4. The van der Waals surface area contributed by atoms with E-state index in [0.717, 1.165) is 23.7 Å². The van der Waals surface area contributed by atoms with Crippen molar-refractivity contribution >= 4 is 0 Å². The molecule has 0 amide bonds. The van der Waals surface area contributed by atoms with E-state index < -0.39 is 0 Å². The highest BCUT2D eigenvalue weighted by molar-refractivity contribution is 4.85. The second kappa shape index (κ2) is 8.70.